The first-order valence-electron chi connectivity index (χ1n) is 6.33. The van der Waals surface area contributed by atoms with Crippen LogP contribution in [0.5, 0.6) is 11.5 Å². The van der Waals surface area contributed by atoms with Gasteiger partial charge in [-0.3, -0.25) is 4.79 Å². The average Bonchev–Trinajstić information content (AvgIpc) is 2.91. The Kier molecular flexibility index (Phi) is 4.62. The lowest BCUT2D eigenvalue weighted by molar-refractivity contribution is -0.310. The molecule has 0 N–H and O–H groups in total. The van der Waals surface area contributed by atoms with Crippen LogP contribution < -0.4 is 14.6 Å². The molecule has 1 aromatic rings. The predicted octanol–water partition coefficient (Wildman–Crippen LogP) is 0.416. The molecule has 1 aromatic carbocycles. The molecule has 1 fully saturated rings. The van der Waals surface area contributed by atoms with Gasteiger partial charge in [-0.1, -0.05) is 6.07 Å². The summed E-state index contributed by atoms with van der Waals surface area (Å²) < 4.78 is 10.4. The Morgan fingerprint density at radius 2 is 1.95 bits per heavy atom. The number of carbonyl (C=O) groups excluding carboxylic acids is 2. The Morgan fingerprint density at radius 3 is 2.48 bits per heavy atom. The first kappa shape index (κ1) is 15.5. The van der Waals surface area contributed by atoms with Crippen molar-refractivity contribution in [3.8, 4) is 11.5 Å². The Labute approximate surface area is 127 Å². The third kappa shape index (κ3) is 2.92. The smallest absolute Gasteiger partial charge is 0.221 e. The molecular weight excluding hydrogens is 294 g/mol. The molecule has 0 aromatic heterocycles. The molecule has 21 heavy (non-hydrogen) atoms. The fourth-order valence-corrected chi connectivity index (χ4v) is 3.79. The molecule has 7 heteroatoms. The second-order valence-electron chi connectivity index (χ2n) is 4.56. The third-order valence-electron chi connectivity index (χ3n) is 3.33. The average molecular weight is 310 g/mol. The van der Waals surface area contributed by atoms with Crippen molar-refractivity contribution in [1.29, 1.82) is 0 Å². The van der Waals surface area contributed by atoms with Crippen molar-refractivity contribution in [2.24, 2.45) is 0 Å². The van der Waals surface area contributed by atoms with Gasteiger partial charge in [0.1, 0.15) is 5.37 Å². The Balaban J connectivity index is 2.36. The van der Waals surface area contributed by atoms with E-state index in [1.807, 2.05) is 0 Å². The summed E-state index contributed by atoms with van der Waals surface area (Å²) in [6.45, 7) is 1.36. The quantitative estimate of drug-likeness (QED) is 0.802. The van der Waals surface area contributed by atoms with Crippen molar-refractivity contribution < 1.29 is 24.2 Å². The molecular formula is C14H16NO5S-. The van der Waals surface area contributed by atoms with E-state index < -0.39 is 12.0 Å². The van der Waals surface area contributed by atoms with Crippen LogP contribution in [-0.2, 0) is 9.59 Å². The van der Waals surface area contributed by atoms with Gasteiger partial charge < -0.3 is 24.3 Å². The van der Waals surface area contributed by atoms with Gasteiger partial charge in [0.2, 0.25) is 5.91 Å². The lowest BCUT2D eigenvalue weighted by atomic mass is 10.1. The highest BCUT2D eigenvalue weighted by Gasteiger charge is 2.37. The maximum atomic E-state index is 11.8. The van der Waals surface area contributed by atoms with Gasteiger partial charge in [-0.2, -0.15) is 0 Å². The molecule has 1 aliphatic heterocycles. The standard InChI is InChI=1S/C14H17NO5S/c1-8(16)15-10(14(17)18)7-21-13(15)9-4-5-11(19-2)12(6-9)20-3/h4-6,10,13H,7H2,1-3H3,(H,17,18)/p-1/t10-,13+/m0/s1. The van der Waals surface area contributed by atoms with Gasteiger partial charge in [0.15, 0.2) is 11.5 Å². The summed E-state index contributed by atoms with van der Waals surface area (Å²) in [6.07, 6.45) is 0. The number of hydrogen-bond donors (Lipinski definition) is 0. The maximum absolute atomic E-state index is 11.8. The number of benzene rings is 1. The molecule has 2 rings (SSSR count). The lowest BCUT2D eigenvalue weighted by Gasteiger charge is -2.29. The molecule has 1 heterocycles. The van der Waals surface area contributed by atoms with Crippen LogP contribution in [0.2, 0.25) is 0 Å². The normalized spacial score (nSPS) is 21.2. The summed E-state index contributed by atoms with van der Waals surface area (Å²) >= 11 is 1.39. The highest BCUT2D eigenvalue weighted by atomic mass is 32.2. The van der Waals surface area contributed by atoms with Gasteiger partial charge in [-0.25, -0.2) is 0 Å². The van der Waals surface area contributed by atoms with Crippen molar-refractivity contribution in [2.75, 3.05) is 20.0 Å². The molecule has 0 spiro atoms. The molecule has 0 radical (unpaired) electrons. The topological polar surface area (TPSA) is 78.9 Å². The minimum Gasteiger partial charge on any atom is -0.548 e. The van der Waals surface area contributed by atoms with E-state index >= 15 is 0 Å². The van der Waals surface area contributed by atoms with E-state index in [1.165, 1.54) is 37.8 Å². The highest BCUT2D eigenvalue weighted by Crippen LogP contribution is 2.43. The molecule has 1 amide bonds. The predicted molar refractivity (Wildman–Crippen MR) is 76.1 cm³/mol. The molecule has 1 saturated heterocycles. The van der Waals surface area contributed by atoms with E-state index in [0.29, 0.717) is 17.3 Å². The van der Waals surface area contributed by atoms with Crippen LogP contribution in [0.1, 0.15) is 17.9 Å². The number of carboxylic acid groups (broad SMARTS) is 1. The summed E-state index contributed by atoms with van der Waals surface area (Å²) in [7, 11) is 3.06. The number of carbonyl (C=O) groups is 2. The van der Waals surface area contributed by atoms with Crippen molar-refractivity contribution in [3.63, 3.8) is 0 Å². The lowest BCUT2D eigenvalue weighted by Crippen LogP contribution is -2.48. The number of methoxy groups -OCH3 is 2. The van der Waals surface area contributed by atoms with E-state index in [1.54, 1.807) is 18.2 Å². The van der Waals surface area contributed by atoms with Crippen LogP contribution in [0.15, 0.2) is 18.2 Å². The number of aliphatic carboxylic acids is 1. The molecule has 0 unspecified atom stereocenters. The number of carboxylic acids is 1. The SMILES string of the molecule is COc1ccc([C@H]2SC[C@@H](C(=O)[O-])N2C(C)=O)cc1OC. The van der Waals surface area contributed by atoms with Crippen LogP contribution in [0.3, 0.4) is 0 Å². The number of rotatable bonds is 4. The second-order valence-corrected chi connectivity index (χ2v) is 5.67. The summed E-state index contributed by atoms with van der Waals surface area (Å²) in [4.78, 5) is 24.3. The van der Waals surface area contributed by atoms with Crippen molar-refractivity contribution in [1.82, 2.24) is 4.90 Å². The minimum atomic E-state index is -1.24. The largest absolute Gasteiger partial charge is 0.548 e. The Morgan fingerprint density at radius 1 is 1.29 bits per heavy atom. The second kappa shape index (κ2) is 6.26. The molecule has 6 nitrogen and oxygen atoms in total. The number of amides is 1. The van der Waals surface area contributed by atoms with Crippen molar-refractivity contribution in [3.05, 3.63) is 23.8 Å². The van der Waals surface area contributed by atoms with Gasteiger partial charge in [0, 0.05) is 12.7 Å². The van der Waals surface area contributed by atoms with E-state index in [-0.39, 0.29) is 11.3 Å². The number of ether oxygens (including phenoxy) is 2. The van der Waals surface area contributed by atoms with E-state index in [9.17, 15) is 14.7 Å². The molecule has 1 aliphatic rings. The van der Waals surface area contributed by atoms with Gasteiger partial charge in [-0.15, -0.1) is 11.8 Å². The van der Waals surface area contributed by atoms with Gasteiger partial charge >= 0.3 is 0 Å². The molecule has 0 aliphatic carbocycles. The maximum Gasteiger partial charge on any atom is 0.221 e. The number of hydrogen-bond acceptors (Lipinski definition) is 6. The van der Waals surface area contributed by atoms with Crippen LogP contribution in [0, 0.1) is 0 Å². The molecule has 114 valence electrons. The fraction of sp³-hybridized carbons (Fsp3) is 0.429. The van der Waals surface area contributed by atoms with Crippen LogP contribution >= 0.6 is 11.8 Å². The zero-order valence-corrected chi connectivity index (χ0v) is 12.8. The first-order chi connectivity index (χ1) is 9.99. The first-order valence-corrected chi connectivity index (χ1v) is 7.37. The monoisotopic (exact) mass is 310 g/mol. The zero-order chi connectivity index (χ0) is 15.6. The Hall–Kier alpha value is -1.89. The van der Waals surface area contributed by atoms with Gasteiger partial charge in [0.05, 0.1) is 26.2 Å². The van der Waals surface area contributed by atoms with Gasteiger partial charge in [-0.05, 0) is 17.7 Å². The molecule has 2 atom stereocenters. The highest BCUT2D eigenvalue weighted by molar-refractivity contribution is 7.99. The van der Waals surface area contributed by atoms with E-state index in [2.05, 4.69) is 0 Å². The number of nitrogens with zero attached hydrogens (tertiary/aromatic N) is 1. The third-order valence-corrected chi connectivity index (χ3v) is 4.65. The van der Waals surface area contributed by atoms with Gasteiger partial charge in [0.25, 0.3) is 0 Å². The summed E-state index contributed by atoms with van der Waals surface area (Å²) in [5, 5.41) is 10.8. The summed E-state index contributed by atoms with van der Waals surface area (Å²) in [6, 6.07) is 4.38. The van der Waals surface area contributed by atoms with Crippen molar-refractivity contribution >= 4 is 23.6 Å². The van der Waals surface area contributed by atoms with E-state index in [4.69, 9.17) is 9.47 Å². The van der Waals surface area contributed by atoms with Crippen LogP contribution in [0.4, 0.5) is 0 Å². The summed E-state index contributed by atoms with van der Waals surface area (Å²) in [5.41, 5.74) is 0.789. The number of thioether (sulfide) groups is 1. The molecule has 0 bridgehead atoms. The van der Waals surface area contributed by atoms with Crippen molar-refractivity contribution in [2.45, 2.75) is 18.3 Å². The van der Waals surface area contributed by atoms with E-state index in [0.717, 1.165) is 5.56 Å². The Bertz CT molecular complexity index is 562. The van der Waals surface area contributed by atoms with Crippen LogP contribution in [-0.4, -0.2) is 42.8 Å². The fourth-order valence-electron chi connectivity index (χ4n) is 2.34. The zero-order valence-electron chi connectivity index (χ0n) is 12.0. The molecule has 0 saturated carbocycles. The summed E-state index contributed by atoms with van der Waals surface area (Å²) in [5.74, 6) is -0.110. The van der Waals surface area contributed by atoms with Crippen LogP contribution in [0.25, 0.3) is 0 Å². The minimum absolute atomic E-state index is 0.297.